The van der Waals surface area contributed by atoms with Gasteiger partial charge in [-0.1, -0.05) is 19.1 Å². The molecular formula is C13H17O4P. The molecule has 0 saturated heterocycles. The summed E-state index contributed by atoms with van der Waals surface area (Å²) in [6.45, 7) is 6.20. The first-order valence-electron chi connectivity index (χ1n) is 5.75. The van der Waals surface area contributed by atoms with Gasteiger partial charge in [0.1, 0.15) is 0 Å². The van der Waals surface area contributed by atoms with Crippen molar-refractivity contribution < 1.29 is 19.1 Å². The Kier molecular flexibility index (Phi) is 3.33. The van der Waals surface area contributed by atoms with E-state index in [-0.39, 0.29) is 11.3 Å². The summed E-state index contributed by atoms with van der Waals surface area (Å²) in [5.41, 5.74) is 3.58. The van der Waals surface area contributed by atoms with Crippen molar-refractivity contribution in [3.8, 4) is 0 Å². The third-order valence-electron chi connectivity index (χ3n) is 3.90. The lowest BCUT2D eigenvalue weighted by Gasteiger charge is -2.18. The van der Waals surface area contributed by atoms with E-state index in [2.05, 4.69) is 6.66 Å². The summed E-state index contributed by atoms with van der Waals surface area (Å²) in [4.78, 5) is 23.9. The van der Waals surface area contributed by atoms with E-state index in [0.717, 1.165) is 0 Å². The molecule has 18 heavy (non-hydrogen) atoms. The molecule has 0 radical (unpaired) electrons. The van der Waals surface area contributed by atoms with Gasteiger partial charge in [0, 0.05) is 11.3 Å². The number of carbonyl (C=O) groups excluding carboxylic acids is 2. The lowest BCUT2D eigenvalue weighted by atomic mass is 9.87. The molecule has 1 unspecified atom stereocenters. The van der Waals surface area contributed by atoms with E-state index >= 15 is 0 Å². The van der Waals surface area contributed by atoms with Gasteiger partial charge in [-0.15, -0.1) is 0 Å². The van der Waals surface area contributed by atoms with Gasteiger partial charge in [-0.2, -0.15) is 0 Å². The van der Waals surface area contributed by atoms with Crippen LogP contribution in [0, 0.1) is 0 Å². The van der Waals surface area contributed by atoms with E-state index in [4.69, 9.17) is 9.47 Å². The highest BCUT2D eigenvalue weighted by atomic mass is 31.1. The molecule has 0 amide bonds. The Bertz CT molecular complexity index is 447. The number of ether oxygens (including phenoxy) is 2. The molecule has 0 aromatic carbocycles. The Morgan fingerprint density at radius 3 is 1.56 bits per heavy atom. The fraction of sp³-hybridized carbons (Fsp3) is 0.538. The minimum absolute atomic E-state index is 0.0616. The SMILES string of the molecule is COC(=O)C1=C(C(=O)OC)[C@@H]2C(C)=C(C)[C@H]1P2C. The molecule has 2 heterocycles. The fourth-order valence-corrected chi connectivity index (χ4v) is 6.22. The highest BCUT2D eigenvalue weighted by Gasteiger charge is 2.52. The molecule has 3 atom stereocenters. The standard InChI is InChI=1S/C13H17O4P/c1-6-7(2)11-9(13(15)17-4)8(12(14)16-3)10(6)18(11)5/h10-11H,1-5H3/t10-,11+,18?. The van der Waals surface area contributed by atoms with Gasteiger partial charge in [0.25, 0.3) is 0 Å². The molecule has 0 aromatic rings. The van der Waals surface area contributed by atoms with E-state index in [1.165, 1.54) is 25.4 Å². The van der Waals surface area contributed by atoms with Crippen molar-refractivity contribution >= 4 is 19.9 Å². The summed E-state index contributed by atoms with van der Waals surface area (Å²) >= 11 is 0. The van der Waals surface area contributed by atoms with Crippen molar-refractivity contribution in [2.24, 2.45) is 0 Å². The molecule has 2 aliphatic rings. The third-order valence-corrected chi connectivity index (χ3v) is 6.82. The van der Waals surface area contributed by atoms with Crippen LogP contribution in [0.2, 0.25) is 0 Å². The van der Waals surface area contributed by atoms with Crippen molar-refractivity contribution in [3.63, 3.8) is 0 Å². The van der Waals surface area contributed by atoms with E-state index < -0.39 is 19.9 Å². The van der Waals surface area contributed by atoms with Crippen LogP contribution in [0.5, 0.6) is 0 Å². The van der Waals surface area contributed by atoms with Crippen LogP contribution in [-0.2, 0) is 19.1 Å². The van der Waals surface area contributed by atoms with E-state index in [9.17, 15) is 9.59 Å². The maximum atomic E-state index is 11.9. The highest BCUT2D eigenvalue weighted by Crippen LogP contribution is 2.65. The molecule has 2 bridgehead atoms. The molecule has 2 aliphatic heterocycles. The van der Waals surface area contributed by atoms with Crippen molar-refractivity contribution in [2.45, 2.75) is 25.2 Å². The molecule has 98 valence electrons. The van der Waals surface area contributed by atoms with Gasteiger partial charge >= 0.3 is 11.9 Å². The molecule has 0 aliphatic carbocycles. The van der Waals surface area contributed by atoms with Crippen molar-refractivity contribution in [2.75, 3.05) is 20.9 Å². The molecule has 0 aromatic heterocycles. The quantitative estimate of drug-likeness (QED) is 0.435. The number of hydrogen-bond acceptors (Lipinski definition) is 4. The van der Waals surface area contributed by atoms with Crippen LogP contribution in [-0.4, -0.2) is 44.1 Å². The topological polar surface area (TPSA) is 52.6 Å². The number of fused-ring (bicyclic) bond motifs is 2. The predicted octanol–water partition coefficient (Wildman–Crippen LogP) is 1.84. The van der Waals surface area contributed by atoms with Crippen LogP contribution in [0.15, 0.2) is 22.3 Å². The van der Waals surface area contributed by atoms with Crippen LogP contribution >= 0.6 is 7.92 Å². The summed E-state index contributed by atoms with van der Waals surface area (Å²) in [5, 5.41) is 0. The van der Waals surface area contributed by atoms with Crippen LogP contribution in [0.4, 0.5) is 0 Å². The summed E-state index contributed by atoms with van der Waals surface area (Å²) in [6, 6.07) is 0. The minimum Gasteiger partial charge on any atom is -0.466 e. The Morgan fingerprint density at radius 2 is 1.28 bits per heavy atom. The van der Waals surface area contributed by atoms with Crippen LogP contribution in [0.1, 0.15) is 13.8 Å². The summed E-state index contributed by atoms with van der Waals surface area (Å²) < 4.78 is 9.65. The summed E-state index contributed by atoms with van der Waals surface area (Å²) in [5.74, 6) is -0.798. The van der Waals surface area contributed by atoms with Gasteiger partial charge in [0.15, 0.2) is 0 Å². The van der Waals surface area contributed by atoms with Crippen LogP contribution < -0.4 is 0 Å². The molecular weight excluding hydrogens is 251 g/mol. The van der Waals surface area contributed by atoms with Crippen LogP contribution in [0.3, 0.4) is 0 Å². The average molecular weight is 268 g/mol. The largest absolute Gasteiger partial charge is 0.466 e. The monoisotopic (exact) mass is 268 g/mol. The normalized spacial score (nSPS) is 29.9. The second kappa shape index (κ2) is 4.51. The lowest BCUT2D eigenvalue weighted by Crippen LogP contribution is -2.24. The van der Waals surface area contributed by atoms with Gasteiger partial charge in [0.2, 0.25) is 0 Å². The summed E-state index contributed by atoms with van der Waals surface area (Å²) in [6.07, 6.45) is 0. The molecule has 0 saturated carbocycles. The Labute approximate surface area is 108 Å². The maximum Gasteiger partial charge on any atom is 0.335 e. The Morgan fingerprint density at radius 1 is 0.944 bits per heavy atom. The average Bonchev–Trinajstić information content (AvgIpc) is 2.77. The lowest BCUT2D eigenvalue weighted by molar-refractivity contribution is -0.139. The van der Waals surface area contributed by atoms with Gasteiger partial charge in [0.05, 0.1) is 25.4 Å². The molecule has 0 fully saturated rings. The molecule has 0 spiro atoms. The van der Waals surface area contributed by atoms with Crippen molar-refractivity contribution in [1.82, 2.24) is 0 Å². The van der Waals surface area contributed by atoms with Crippen molar-refractivity contribution in [1.29, 1.82) is 0 Å². The number of esters is 2. The summed E-state index contributed by atoms with van der Waals surface area (Å²) in [7, 11) is 2.23. The third kappa shape index (κ3) is 1.55. The number of methoxy groups -OCH3 is 2. The van der Waals surface area contributed by atoms with Crippen LogP contribution in [0.25, 0.3) is 0 Å². The molecule has 2 rings (SSSR count). The number of rotatable bonds is 2. The van der Waals surface area contributed by atoms with E-state index in [1.54, 1.807) is 0 Å². The van der Waals surface area contributed by atoms with E-state index in [1.807, 2.05) is 13.8 Å². The second-order valence-corrected chi connectivity index (χ2v) is 7.01. The molecule has 4 nitrogen and oxygen atoms in total. The number of allylic oxidation sites excluding steroid dienone is 2. The van der Waals surface area contributed by atoms with Gasteiger partial charge < -0.3 is 9.47 Å². The fourth-order valence-electron chi connectivity index (χ4n) is 2.99. The first kappa shape index (κ1) is 13.3. The molecule has 5 heteroatoms. The Hall–Kier alpha value is -1.15. The Balaban J connectivity index is 2.56. The smallest absolute Gasteiger partial charge is 0.335 e. The maximum absolute atomic E-state index is 11.9. The number of hydrogen-bond donors (Lipinski definition) is 0. The first-order valence-corrected chi connectivity index (χ1v) is 7.68. The van der Waals surface area contributed by atoms with Gasteiger partial charge in [-0.3, -0.25) is 0 Å². The van der Waals surface area contributed by atoms with E-state index in [0.29, 0.717) is 11.1 Å². The second-order valence-electron chi connectivity index (χ2n) is 4.65. The van der Waals surface area contributed by atoms with Gasteiger partial charge in [-0.25, -0.2) is 9.59 Å². The van der Waals surface area contributed by atoms with Crippen molar-refractivity contribution in [3.05, 3.63) is 22.3 Å². The highest BCUT2D eigenvalue weighted by molar-refractivity contribution is 7.60. The molecule has 0 N–H and O–H groups in total. The predicted molar refractivity (Wildman–Crippen MR) is 69.9 cm³/mol. The zero-order valence-corrected chi connectivity index (χ0v) is 12.1. The first-order chi connectivity index (χ1) is 8.45. The van der Waals surface area contributed by atoms with Gasteiger partial charge in [-0.05, 0) is 20.5 Å². The number of carbonyl (C=O) groups is 2. The zero-order chi connectivity index (χ0) is 13.6. The zero-order valence-electron chi connectivity index (χ0n) is 11.2. The minimum atomic E-state index is -0.460.